The van der Waals surface area contributed by atoms with Gasteiger partial charge in [0.25, 0.3) is 5.91 Å². The molecule has 0 fully saturated rings. The Morgan fingerprint density at radius 2 is 1.77 bits per heavy atom. The number of anilines is 1. The Labute approximate surface area is 154 Å². The number of hydrogen-bond acceptors (Lipinski definition) is 3. The number of ether oxygens (including phenoxy) is 2. The number of amides is 1. The third-order valence-electron chi connectivity index (χ3n) is 4.67. The molecule has 2 N–H and O–H groups in total. The fourth-order valence-electron chi connectivity index (χ4n) is 3.32. The van der Waals surface area contributed by atoms with Gasteiger partial charge in [0.1, 0.15) is 6.54 Å². The highest BCUT2D eigenvalue weighted by Gasteiger charge is 2.17. The summed E-state index contributed by atoms with van der Waals surface area (Å²) in [6.45, 7) is 5.67. The van der Waals surface area contributed by atoms with Crippen molar-refractivity contribution in [3.05, 3.63) is 53.1 Å². The van der Waals surface area contributed by atoms with E-state index in [4.69, 9.17) is 9.47 Å². The van der Waals surface area contributed by atoms with Crippen LogP contribution in [0.25, 0.3) is 0 Å². The molecule has 2 aromatic carbocycles. The van der Waals surface area contributed by atoms with E-state index in [1.807, 2.05) is 25.2 Å². The summed E-state index contributed by atoms with van der Waals surface area (Å²) < 4.78 is 10.8. The number of hydrogen-bond donors (Lipinski definition) is 2. The lowest BCUT2D eigenvalue weighted by Crippen LogP contribution is -3.08. The van der Waals surface area contributed by atoms with Crippen LogP contribution in [-0.2, 0) is 24.2 Å². The summed E-state index contributed by atoms with van der Waals surface area (Å²) in [4.78, 5) is 13.7. The molecule has 138 valence electrons. The van der Waals surface area contributed by atoms with E-state index in [1.165, 1.54) is 11.1 Å². The Hall–Kier alpha value is -2.53. The monoisotopic (exact) mass is 355 g/mol. The quantitative estimate of drug-likeness (QED) is 0.801. The molecule has 0 saturated heterocycles. The average molecular weight is 355 g/mol. The number of quaternary nitrogens is 1. The molecule has 3 rings (SSSR count). The van der Waals surface area contributed by atoms with Crippen molar-refractivity contribution >= 4 is 11.6 Å². The largest absolute Gasteiger partial charge is 0.454 e. The number of fused-ring (bicyclic) bond motifs is 1. The maximum Gasteiger partial charge on any atom is 0.279 e. The Morgan fingerprint density at radius 1 is 1.08 bits per heavy atom. The Bertz CT molecular complexity index is 767. The highest BCUT2D eigenvalue weighted by Crippen LogP contribution is 2.32. The van der Waals surface area contributed by atoms with E-state index in [0.29, 0.717) is 6.54 Å². The van der Waals surface area contributed by atoms with Gasteiger partial charge in [0.2, 0.25) is 6.79 Å². The van der Waals surface area contributed by atoms with Crippen LogP contribution in [0.15, 0.2) is 36.4 Å². The molecule has 1 aliphatic rings. The molecule has 1 heterocycles. The third kappa shape index (κ3) is 4.17. The van der Waals surface area contributed by atoms with Crippen LogP contribution in [0.2, 0.25) is 0 Å². The highest BCUT2D eigenvalue weighted by molar-refractivity contribution is 5.93. The van der Waals surface area contributed by atoms with Crippen LogP contribution < -0.4 is 19.7 Å². The second kappa shape index (κ2) is 8.23. The van der Waals surface area contributed by atoms with Gasteiger partial charge in [-0.2, -0.15) is 0 Å². The van der Waals surface area contributed by atoms with Crippen LogP contribution in [-0.4, -0.2) is 26.3 Å². The molecule has 1 unspecified atom stereocenters. The van der Waals surface area contributed by atoms with Gasteiger partial charge in [-0.1, -0.05) is 32.0 Å². The summed E-state index contributed by atoms with van der Waals surface area (Å²) in [5.74, 6) is 1.61. The smallest absolute Gasteiger partial charge is 0.279 e. The minimum atomic E-state index is 0.0406. The molecule has 2 aromatic rings. The number of rotatable bonds is 7. The first kappa shape index (κ1) is 18.3. The number of benzene rings is 2. The van der Waals surface area contributed by atoms with E-state index in [1.54, 1.807) is 0 Å². The molecule has 0 spiro atoms. The molecule has 1 atom stereocenters. The summed E-state index contributed by atoms with van der Waals surface area (Å²) in [5, 5.41) is 3.13. The van der Waals surface area contributed by atoms with Crippen LogP contribution in [0.5, 0.6) is 11.5 Å². The van der Waals surface area contributed by atoms with Crippen LogP contribution in [0.1, 0.15) is 30.5 Å². The summed E-state index contributed by atoms with van der Waals surface area (Å²) in [5.41, 5.74) is 4.48. The van der Waals surface area contributed by atoms with Crippen molar-refractivity contribution in [1.29, 1.82) is 0 Å². The third-order valence-corrected chi connectivity index (χ3v) is 4.67. The summed E-state index contributed by atoms with van der Waals surface area (Å²) in [6.07, 6.45) is 1.81. The van der Waals surface area contributed by atoms with E-state index in [0.717, 1.165) is 47.0 Å². The first-order valence-electron chi connectivity index (χ1n) is 9.21. The van der Waals surface area contributed by atoms with Crippen molar-refractivity contribution < 1.29 is 19.2 Å². The number of para-hydroxylation sites is 1. The number of aryl methyl sites for hydroxylation is 2. The molecule has 5 nitrogen and oxygen atoms in total. The standard InChI is InChI=1S/C21H26N2O3/c1-4-16-7-6-8-17(5-2)21(16)22-20(24)13-23(3)12-15-9-10-18-19(11-15)26-14-25-18/h6-11H,4-5,12-14H2,1-3H3,(H,22,24)/p+1. The lowest BCUT2D eigenvalue weighted by atomic mass is 10.0. The molecule has 0 bridgehead atoms. The lowest BCUT2D eigenvalue weighted by molar-refractivity contribution is -0.885. The fraction of sp³-hybridized carbons (Fsp3) is 0.381. The van der Waals surface area contributed by atoms with E-state index in [-0.39, 0.29) is 12.7 Å². The van der Waals surface area contributed by atoms with E-state index < -0.39 is 0 Å². The molecule has 26 heavy (non-hydrogen) atoms. The van der Waals surface area contributed by atoms with Gasteiger partial charge in [0.05, 0.1) is 7.05 Å². The molecule has 0 saturated carbocycles. The molecule has 0 aliphatic carbocycles. The minimum Gasteiger partial charge on any atom is -0.454 e. The molecular weight excluding hydrogens is 328 g/mol. The van der Waals surface area contributed by atoms with Gasteiger partial charge < -0.3 is 19.7 Å². The van der Waals surface area contributed by atoms with Crippen LogP contribution in [0, 0.1) is 0 Å². The van der Waals surface area contributed by atoms with Gasteiger partial charge in [-0.25, -0.2) is 0 Å². The maximum atomic E-state index is 12.6. The first-order valence-corrected chi connectivity index (χ1v) is 9.21. The molecular formula is C21H27N2O3+. The van der Waals surface area contributed by atoms with E-state index in [9.17, 15) is 4.79 Å². The minimum absolute atomic E-state index is 0.0406. The van der Waals surface area contributed by atoms with Gasteiger partial charge in [0.15, 0.2) is 18.0 Å². The summed E-state index contributed by atoms with van der Waals surface area (Å²) in [7, 11) is 2.02. The summed E-state index contributed by atoms with van der Waals surface area (Å²) in [6, 6.07) is 12.2. The predicted molar refractivity (Wildman–Crippen MR) is 102 cm³/mol. The van der Waals surface area contributed by atoms with Gasteiger partial charge >= 0.3 is 0 Å². The van der Waals surface area contributed by atoms with E-state index >= 15 is 0 Å². The maximum absolute atomic E-state index is 12.6. The van der Waals surface area contributed by atoms with Crippen molar-refractivity contribution in [2.24, 2.45) is 0 Å². The summed E-state index contributed by atoms with van der Waals surface area (Å²) >= 11 is 0. The molecule has 5 heteroatoms. The van der Waals surface area contributed by atoms with Gasteiger partial charge in [-0.3, -0.25) is 4.79 Å². The molecule has 0 radical (unpaired) electrons. The van der Waals surface area contributed by atoms with Crippen LogP contribution in [0.4, 0.5) is 5.69 Å². The number of nitrogens with one attached hydrogen (secondary N) is 2. The van der Waals surface area contributed by atoms with Crippen LogP contribution in [0.3, 0.4) is 0 Å². The second-order valence-electron chi connectivity index (χ2n) is 6.70. The molecule has 0 aromatic heterocycles. The topological polar surface area (TPSA) is 52.0 Å². The zero-order chi connectivity index (χ0) is 18.5. The first-order chi connectivity index (χ1) is 12.6. The zero-order valence-corrected chi connectivity index (χ0v) is 15.7. The molecule has 1 amide bonds. The molecule has 1 aliphatic heterocycles. The van der Waals surface area contributed by atoms with Crippen LogP contribution >= 0.6 is 0 Å². The highest BCUT2D eigenvalue weighted by atomic mass is 16.7. The zero-order valence-electron chi connectivity index (χ0n) is 15.7. The predicted octanol–water partition coefficient (Wildman–Crippen LogP) is 2.19. The fourth-order valence-corrected chi connectivity index (χ4v) is 3.32. The number of carbonyl (C=O) groups is 1. The van der Waals surface area contributed by atoms with Gasteiger partial charge in [-0.05, 0) is 42.2 Å². The second-order valence-corrected chi connectivity index (χ2v) is 6.70. The van der Waals surface area contributed by atoms with Gasteiger partial charge in [-0.15, -0.1) is 0 Å². The van der Waals surface area contributed by atoms with E-state index in [2.05, 4.69) is 37.4 Å². The number of carbonyl (C=O) groups excluding carboxylic acids is 1. The lowest BCUT2D eigenvalue weighted by Gasteiger charge is -2.17. The van der Waals surface area contributed by atoms with Crippen molar-refractivity contribution in [3.8, 4) is 11.5 Å². The Morgan fingerprint density at radius 3 is 2.46 bits per heavy atom. The van der Waals surface area contributed by atoms with Crippen molar-refractivity contribution in [1.82, 2.24) is 0 Å². The van der Waals surface area contributed by atoms with Crippen molar-refractivity contribution in [2.45, 2.75) is 33.2 Å². The Balaban J connectivity index is 1.61. The van der Waals surface area contributed by atoms with Crippen molar-refractivity contribution in [3.63, 3.8) is 0 Å². The number of likely N-dealkylation sites (N-methyl/N-ethyl adjacent to an activating group) is 1. The SMILES string of the molecule is CCc1cccc(CC)c1NC(=O)C[NH+](C)Cc1ccc2c(c1)OCO2. The average Bonchev–Trinajstić information content (AvgIpc) is 3.09. The van der Waals surface area contributed by atoms with Gasteiger partial charge in [0, 0.05) is 11.3 Å². The Kier molecular flexibility index (Phi) is 5.78. The normalized spacial score (nSPS) is 13.5. The van der Waals surface area contributed by atoms with Crippen molar-refractivity contribution in [2.75, 3.05) is 25.7 Å².